The van der Waals surface area contributed by atoms with Gasteiger partial charge in [0.15, 0.2) is 0 Å². The standard InChI is InChI=1S/C14H23NO2.ClH/c1-9-7-10(16-5)12(11(8-9)17-6)13(15)14(2,3)4;/h7-8,13H,15H2,1-6H3;1H/t13-;/m0./s1. The maximum Gasteiger partial charge on any atom is 0.127 e. The Hall–Kier alpha value is -0.930. The van der Waals surface area contributed by atoms with Crippen LogP contribution in [0.5, 0.6) is 11.5 Å². The average molecular weight is 274 g/mol. The van der Waals surface area contributed by atoms with Gasteiger partial charge in [-0.2, -0.15) is 0 Å². The van der Waals surface area contributed by atoms with Crippen LogP contribution in [0.4, 0.5) is 0 Å². The molecule has 0 aromatic heterocycles. The van der Waals surface area contributed by atoms with Crippen LogP contribution in [0.2, 0.25) is 0 Å². The smallest absolute Gasteiger partial charge is 0.127 e. The largest absolute Gasteiger partial charge is 0.496 e. The minimum atomic E-state index is -0.131. The van der Waals surface area contributed by atoms with Crippen molar-refractivity contribution in [3.63, 3.8) is 0 Å². The molecule has 0 saturated carbocycles. The topological polar surface area (TPSA) is 44.5 Å². The Balaban J connectivity index is 0.00000289. The molecule has 1 rings (SSSR count). The van der Waals surface area contributed by atoms with Crippen LogP contribution in [-0.2, 0) is 0 Å². The molecule has 0 aliphatic rings. The van der Waals surface area contributed by atoms with E-state index in [2.05, 4.69) is 20.8 Å². The van der Waals surface area contributed by atoms with Gasteiger partial charge in [-0.1, -0.05) is 20.8 Å². The van der Waals surface area contributed by atoms with Gasteiger partial charge in [0.1, 0.15) is 11.5 Å². The first-order valence-electron chi connectivity index (χ1n) is 5.79. The fourth-order valence-corrected chi connectivity index (χ4v) is 1.81. The van der Waals surface area contributed by atoms with Crippen molar-refractivity contribution in [2.75, 3.05) is 14.2 Å². The van der Waals surface area contributed by atoms with Gasteiger partial charge >= 0.3 is 0 Å². The molecule has 0 amide bonds. The van der Waals surface area contributed by atoms with Gasteiger partial charge in [0, 0.05) is 6.04 Å². The molecular weight excluding hydrogens is 250 g/mol. The molecule has 2 N–H and O–H groups in total. The number of hydrogen-bond acceptors (Lipinski definition) is 3. The number of halogens is 1. The number of methoxy groups -OCH3 is 2. The van der Waals surface area contributed by atoms with Crippen molar-refractivity contribution >= 4 is 12.4 Å². The second-order valence-electron chi connectivity index (χ2n) is 5.43. The molecule has 18 heavy (non-hydrogen) atoms. The van der Waals surface area contributed by atoms with Crippen molar-refractivity contribution in [2.45, 2.75) is 33.7 Å². The van der Waals surface area contributed by atoms with Crippen LogP contribution in [0.15, 0.2) is 12.1 Å². The summed E-state index contributed by atoms with van der Waals surface area (Å²) in [6, 6.07) is 3.85. The Morgan fingerprint density at radius 2 is 1.44 bits per heavy atom. The van der Waals surface area contributed by atoms with E-state index < -0.39 is 0 Å². The molecule has 1 aromatic rings. The Labute approximate surface area is 116 Å². The Morgan fingerprint density at radius 3 is 1.72 bits per heavy atom. The van der Waals surface area contributed by atoms with Gasteiger partial charge in [-0.05, 0) is 30.0 Å². The van der Waals surface area contributed by atoms with E-state index in [4.69, 9.17) is 15.2 Å². The molecule has 0 bridgehead atoms. The van der Waals surface area contributed by atoms with E-state index in [9.17, 15) is 0 Å². The zero-order valence-corrected chi connectivity index (χ0v) is 12.9. The molecule has 1 atom stereocenters. The highest BCUT2D eigenvalue weighted by Gasteiger charge is 2.28. The van der Waals surface area contributed by atoms with E-state index in [0.29, 0.717) is 0 Å². The number of aryl methyl sites for hydroxylation is 1. The lowest BCUT2D eigenvalue weighted by atomic mass is 9.82. The summed E-state index contributed by atoms with van der Waals surface area (Å²) in [6.07, 6.45) is 0. The highest BCUT2D eigenvalue weighted by molar-refractivity contribution is 5.85. The molecular formula is C14H24ClNO2. The van der Waals surface area contributed by atoms with E-state index in [-0.39, 0.29) is 23.9 Å². The van der Waals surface area contributed by atoms with Gasteiger partial charge in [0.2, 0.25) is 0 Å². The van der Waals surface area contributed by atoms with Crippen molar-refractivity contribution < 1.29 is 9.47 Å². The van der Waals surface area contributed by atoms with Crippen LogP contribution < -0.4 is 15.2 Å². The molecule has 0 radical (unpaired) electrons. The molecule has 0 fully saturated rings. The third-order valence-corrected chi connectivity index (χ3v) is 2.93. The van der Waals surface area contributed by atoms with Crippen LogP contribution in [0.25, 0.3) is 0 Å². The number of nitrogens with two attached hydrogens (primary N) is 1. The summed E-state index contributed by atoms with van der Waals surface area (Å²) in [4.78, 5) is 0. The summed E-state index contributed by atoms with van der Waals surface area (Å²) in [5.74, 6) is 1.59. The molecule has 0 spiro atoms. The van der Waals surface area contributed by atoms with E-state index in [0.717, 1.165) is 22.6 Å². The fraction of sp³-hybridized carbons (Fsp3) is 0.571. The summed E-state index contributed by atoms with van der Waals surface area (Å²) in [6.45, 7) is 8.33. The van der Waals surface area contributed by atoms with E-state index >= 15 is 0 Å². The lowest BCUT2D eigenvalue weighted by Crippen LogP contribution is -2.27. The van der Waals surface area contributed by atoms with Crippen LogP contribution in [0.1, 0.15) is 37.9 Å². The van der Waals surface area contributed by atoms with Crippen LogP contribution in [-0.4, -0.2) is 14.2 Å². The van der Waals surface area contributed by atoms with Gasteiger partial charge in [-0.3, -0.25) is 0 Å². The first kappa shape index (κ1) is 17.1. The molecule has 3 nitrogen and oxygen atoms in total. The van der Waals surface area contributed by atoms with Crippen molar-refractivity contribution in [1.29, 1.82) is 0 Å². The second-order valence-corrected chi connectivity index (χ2v) is 5.43. The van der Waals surface area contributed by atoms with Gasteiger partial charge in [0.25, 0.3) is 0 Å². The predicted molar refractivity (Wildman–Crippen MR) is 77.9 cm³/mol. The molecule has 104 valence electrons. The molecule has 0 saturated heterocycles. The Bertz CT molecular complexity index is 374. The summed E-state index contributed by atoms with van der Waals surface area (Å²) in [5, 5.41) is 0. The minimum Gasteiger partial charge on any atom is -0.496 e. The van der Waals surface area contributed by atoms with Crippen LogP contribution in [0.3, 0.4) is 0 Å². The average Bonchev–Trinajstić information content (AvgIpc) is 2.25. The van der Waals surface area contributed by atoms with Crippen LogP contribution >= 0.6 is 12.4 Å². The zero-order valence-electron chi connectivity index (χ0n) is 12.0. The summed E-state index contributed by atoms with van der Waals surface area (Å²) in [7, 11) is 3.32. The van der Waals surface area contributed by atoms with Gasteiger partial charge in [-0.15, -0.1) is 12.4 Å². The van der Waals surface area contributed by atoms with Crippen LogP contribution in [0, 0.1) is 12.3 Å². The highest BCUT2D eigenvalue weighted by atomic mass is 35.5. The first-order valence-corrected chi connectivity index (χ1v) is 5.79. The van der Waals surface area contributed by atoms with Crippen molar-refractivity contribution in [3.05, 3.63) is 23.3 Å². The maximum atomic E-state index is 6.31. The highest BCUT2D eigenvalue weighted by Crippen LogP contribution is 2.41. The van der Waals surface area contributed by atoms with Crippen molar-refractivity contribution in [1.82, 2.24) is 0 Å². The molecule has 0 heterocycles. The number of hydrogen-bond donors (Lipinski definition) is 1. The number of ether oxygens (including phenoxy) is 2. The van der Waals surface area contributed by atoms with Crippen molar-refractivity contribution in [3.8, 4) is 11.5 Å². The molecule has 0 aliphatic heterocycles. The summed E-state index contributed by atoms with van der Waals surface area (Å²) < 4.78 is 10.8. The SMILES string of the molecule is COc1cc(C)cc(OC)c1[C@H](N)C(C)(C)C.Cl. The van der Waals surface area contributed by atoms with E-state index in [1.807, 2.05) is 19.1 Å². The number of rotatable bonds is 3. The molecule has 0 aliphatic carbocycles. The van der Waals surface area contributed by atoms with Gasteiger partial charge in [0.05, 0.1) is 19.8 Å². The number of benzene rings is 1. The normalized spacial score (nSPS) is 12.6. The minimum absolute atomic E-state index is 0. The lowest BCUT2D eigenvalue weighted by Gasteiger charge is -2.30. The Kier molecular flexibility index (Phi) is 5.97. The lowest BCUT2D eigenvalue weighted by molar-refractivity contribution is 0.300. The quantitative estimate of drug-likeness (QED) is 0.917. The monoisotopic (exact) mass is 273 g/mol. The maximum absolute atomic E-state index is 6.31. The molecule has 4 heteroatoms. The first-order chi connectivity index (χ1) is 7.81. The third-order valence-electron chi connectivity index (χ3n) is 2.93. The third kappa shape index (κ3) is 3.53. The van der Waals surface area contributed by atoms with Crippen molar-refractivity contribution in [2.24, 2.45) is 11.1 Å². The summed E-state index contributed by atoms with van der Waals surface area (Å²) in [5.41, 5.74) is 8.31. The zero-order chi connectivity index (χ0) is 13.2. The second kappa shape index (κ2) is 6.30. The molecule has 1 aromatic carbocycles. The van der Waals surface area contributed by atoms with E-state index in [1.54, 1.807) is 14.2 Å². The Morgan fingerprint density at radius 1 is 1.06 bits per heavy atom. The van der Waals surface area contributed by atoms with Gasteiger partial charge < -0.3 is 15.2 Å². The summed E-state index contributed by atoms with van der Waals surface area (Å²) >= 11 is 0. The van der Waals surface area contributed by atoms with Gasteiger partial charge in [-0.25, -0.2) is 0 Å². The predicted octanol–water partition coefficient (Wildman–Crippen LogP) is 3.48. The van der Waals surface area contributed by atoms with E-state index in [1.165, 1.54) is 0 Å². The fourth-order valence-electron chi connectivity index (χ4n) is 1.81. The molecule has 0 unspecified atom stereocenters.